The van der Waals surface area contributed by atoms with Crippen molar-refractivity contribution in [2.24, 2.45) is 13.0 Å². The smallest absolute Gasteiger partial charge is 0.246 e. The van der Waals surface area contributed by atoms with Crippen molar-refractivity contribution in [1.29, 1.82) is 0 Å². The first-order valence-corrected chi connectivity index (χ1v) is 11.3. The second-order valence-electron chi connectivity index (χ2n) is 7.87. The molecule has 0 bridgehead atoms. The van der Waals surface area contributed by atoms with Gasteiger partial charge in [0.25, 0.3) is 0 Å². The maximum Gasteiger partial charge on any atom is 0.246 e. The van der Waals surface area contributed by atoms with Crippen molar-refractivity contribution in [3.63, 3.8) is 0 Å². The number of aryl methyl sites for hydroxylation is 2. The molecule has 1 saturated heterocycles. The molecule has 1 N–H and O–H groups in total. The van der Waals surface area contributed by atoms with Crippen LogP contribution in [0.15, 0.2) is 30.0 Å². The Morgan fingerprint density at radius 2 is 2.06 bits per heavy atom. The van der Waals surface area contributed by atoms with Crippen molar-refractivity contribution in [3.05, 3.63) is 52.7 Å². The van der Waals surface area contributed by atoms with Gasteiger partial charge in [0.1, 0.15) is 12.1 Å². The third kappa shape index (κ3) is 5.16. The van der Waals surface area contributed by atoms with E-state index in [2.05, 4.69) is 25.4 Å². The predicted molar refractivity (Wildman–Crippen MR) is 122 cm³/mol. The molecule has 1 aliphatic heterocycles. The topological polar surface area (TPSA) is 88.8 Å². The number of carbonyl (C=O) groups is 1. The van der Waals surface area contributed by atoms with Crippen molar-refractivity contribution < 1.29 is 4.79 Å². The van der Waals surface area contributed by atoms with Gasteiger partial charge in [-0.15, -0.1) is 11.3 Å². The van der Waals surface area contributed by atoms with Crippen LogP contribution in [0.25, 0.3) is 6.08 Å². The number of piperidine rings is 1. The zero-order valence-electron chi connectivity index (χ0n) is 18.1. The summed E-state index contributed by atoms with van der Waals surface area (Å²) >= 11 is 1.54. The number of hydrogen-bond donors (Lipinski definition) is 1. The van der Waals surface area contributed by atoms with Crippen LogP contribution in [0, 0.1) is 19.8 Å². The minimum absolute atomic E-state index is 0.0677. The number of nitrogens with zero attached hydrogens (tertiary/aromatic N) is 6. The highest BCUT2D eigenvalue weighted by Crippen LogP contribution is 2.23. The highest BCUT2D eigenvalue weighted by molar-refractivity contribution is 7.13. The summed E-state index contributed by atoms with van der Waals surface area (Å²) in [5, 5.41) is 10.4. The van der Waals surface area contributed by atoms with E-state index >= 15 is 0 Å². The fourth-order valence-electron chi connectivity index (χ4n) is 3.92. The van der Waals surface area contributed by atoms with Gasteiger partial charge in [-0.25, -0.2) is 15.0 Å². The number of hydrogen-bond acceptors (Lipinski definition) is 7. The number of likely N-dealkylation sites (tertiary alicyclic amines) is 1. The van der Waals surface area contributed by atoms with Crippen molar-refractivity contribution in [3.8, 4) is 0 Å². The molecule has 8 nitrogen and oxygen atoms in total. The molecule has 9 heteroatoms. The fourth-order valence-corrected chi connectivity index (χ4v) is 4.45. The van der Waals surface area contributed by atoms with Crippen molar-refractivity contribution in [2.45, 2.75) is 33.1 Å². The molecule has 0 aromatic carbocycles. The van der Waals surface area contributed by atoms with Crippen molar-refractivity contribution >= 4 is 34.3 Å². The SMILES string of the molecule is Cc1nn(C)c(C)c1/C=C/C(=O)N1CCC(Cc2cc(Nc3nccs3)ncn2)CC1. The summed E-state index contributed by atoms with van der Waals surface area (Å²) in [6, 6.07) is 1.99. The van der Waals surface area contributed by atoms with E-state index in [0.717, 1.165) is 65.9 Å². The van der Waals surface area contributed by atoms with Gasteiger partial charge in [-0.2, -0.15) is 5.10 Å². The summed E-state index contributed by atoms with van der Waals surface area (Å²) in [4.78, 5) is 27.5. The Hall–Kier alpha value is -3.07. The Morgan fingerprint density at radius 3 is 2.74 bits per heavy atom. The number of aromatic nitrogens is 5. The van der Waals surface area contributed by atoms with E-state index in [-0.39, 0.29) is 5.91 Å². The molecule has 1 amide bonds. The average molecular weight is 438 g/mol. The van der Waals surface area contributed by atoms with Crippen LogP contribution in [0.3, 0.4) is 0 Å². The molecule has 3 aromatic rings. The molecule has 3 aromatic heterocycles. The molecule has 0 saturated carbocycles. The molecule has 4 heterocycles. The van der Waals surface area contributed by atoms with Crippen LogP contribution in [-0.2, 0) is 18.3 Å². The Bertz CT molecular complexity index is 1070. The van der Waals surface area contributed by atoms with Gasteiger partial charge in [-0.05, 0) is 45.1 Å². The maximum absolute atomic E-state index is 12.6. The molecule has 0 aliphatic carbocycles. The fraction of sp³-hybridized carbons (Fsp3) is 0.409. The van der Waals surface area contributed by atoms with Gasteiger partial charge in [-0.3, -0.25) is 9.48 Å². The lowest BCUT2D eigenvalue weighted by atomic mass is 9.92. The molecule has 4 rings (SSSR count). The Labute approximate surface area is 186 Å². The van der Waals surface area contributed by atoms with Crippen molar-refractivity contribution in [1.82, 2.24) is 29.6 Å². The minimum atomic E-state index is 0.0677. The molecule has 0 unspecified atom stereocenters. The summed E-state index contributed by atoms with van der Waals surface area (Å²) in [5.74, 6) is 1.34. The summed E-state index contributed by atoms with van der Waals surface area (Å²) in [6.07, 6.45) is 9.77. The van der Waals surface area contributed by atoms with Gasteiger partial charge < -0.3 is 10.2 Å². The Kier molecular flexibility index (Phi) is 6.41. The van der Waals surface area contributed by atoms with Crippen LogP contribution in [0.2, 0.25) is 0 Å². The third-order valence-corrected chi connectivity index (χ3v) is 6.46. The second-order valence-corrected chi connectivity index (χ2v) is 8.77. The lowest BCUT2D eigenvalue weighted by Gasteiger charge is -2.31. The third-order valence-electron chi connectivity index (χ3n) is 5.77. The second kappa shape index (κ2) is 9.38. The van der Waals surface area contributed by atoms with Gasteiger partial charge in [0.15, 0.2) is 5.13 Å². The molecule has 0 spiro atoms. The molecule has 0 atom stereocenters. The van der Waals surface area contributed by atoms with Crippen LogP contribution in [0.4, 0.5) is 10.9 Å². The lowest BCUT2D eigenvalue weighted by molar-refractivity contribution is -0.127. The molecule has 1 fully saturated rings. The maximum atomic E-state index is 12.6. The van der Waals surface area contributed by atoms with E-state index in [9.17, 15) is 4.79 Å². The highest BCUT2D eigenvalue weighted by Gasteiger charge is 2.22. The van der Waals surface area contributed by atoms with E-state index < -0.39 is 0 Å². The van der Waals surface area contributed by atoms with E-state index in [0.29, 0.717) is 5.92 Å². The zero-order chi connectivity index (χ0) is 21.8. The van der Waals surface area contributed by atoms with E-state index in [1.165, 1.54) is 11.3 Å². The summed E-state index contributed by atoms with van der Waals surface area (Å²) in [5.41, 5.74) is 4.04. The van der Waals surface area contributed by atoms with E-state index in [1.54, 1.807) is 18.6 Å². The highest BCUT2D eigenvalue weighted by atomic mass is 32.1. The molecular formula is C22H27N7OS. The van der Waals surface area contributed by atoms with Crippen LogP contribution in [-0.4, -0.2) is 48.6 Å². The number of amides is 1. The number of thiazole rings is 1. The van der Waals surface area contributed by atoms with Gasteiger partial charge in [0.05, 0.1) is 5.69 Å². The van der Waals surface area contributed by atoms with Gasteiger partial charge in [0.2, 0.25) is 5.91 Å². The molecule has 31 heavy (non-hydrogen) atoms. The van der Waals surface area contributed by atoms with Crippen LogP contribution in [0.5, 0.6) is 0 Å². The van der Waals surface area contributed by atoms with Gasteiger partial charge >= 0.3 is 0 Å². The number of anilines is 2. The largest absolute Gasteiger partial charge is 0.339 e. The zero-order valence-corrected chi connectivity index (χ0v) is 18.9. The van der Waals surface area contributed by atoms with Crippen molar-refractivity contribution in [2.75, 3.05) is 18.4 Å². The van der Waals surface area contributed by atoms with Gasteiger partial charge in [-0.1, -0.05) is 0 Å². The Balaban J connectivity index is 1.29. The van der Waals surface area contributed by atoms with Crippen LogP contribution >= 0.6 is 11.3 Å². The number of rotatable bonds is 6. The number of carbonyl (C=O) groups excluding carboxylic acids is 1. The average Bonchev–Trinajstić information content (AvgIpc) is 3.35. The molecule has 1 aliphatic rings. The first-order valence-electron chi connectivity index (χ1n) is 10.4. The quantitative estimate of drug-likeness (QED) is 0.594. The molecule has 0 radical (unpaired) electrons. The monoisotopic (exact) mass is 437 g/mol. The van der Waals surface area contributed by atoms with Crippen LogP contribution < -0.4 is 5.32 Å². The van der Waals surface area contributed by atoms with Gasteiger partial charge in [0, 0.05) is 60.8 Å². The first kappa shape index (κ1) is 21.2. The van der Waals surface area contributed by atoms with Crippen LogP contribution in [0.1, 0.15) is 35.5 Å². The first-order chi connectivity index (χ1) is 15.0. The summed E-state index contributed by atoms with van der Waals surface area (Å²) in [6.45, 7) is 5.52. The summed E-state index contributed by atoms with van der Waals surface area (Å²) in [7, 11) is 1.92. The standard InChI is InChI=1S/C22H27N7OS/c1-15-19(16(2)28(3)27-15)4-5-21(30)29-9-6-17(7-10-29)12-18-13-20(25-14-24-18)26-22-23-8-11-31-22/h4-5,8,11,13-14,17H,6-7,9-10,12H2,1-3H3,(H,23,24,25,26)/b5-4+. The predicted octanol–water partition coefficient (Wildman–Crippen LogP) is 3.52. The Morgan fingerprint density at radius 1 is 1.26 bits per heavy atom. The molecule has 162 valence electrons. The summed E-state index contributed by atoms with van der Waals surface area (Å²) < 4.78 is 1.84. The van der Waals surface area contributed by atoms with E-state index in [4.69, 9.17) is 0 Å². The lowest BCUT2D eigenvalue weighted by Crippen LogP contribution is -2.38. The normalized spacial score (nSPS) is 15.0. The molecular weight excluding hydrogens is 410 g/mol. The minimum Gasteiger partial charge on any atom is -0.339 e. The number of nitrogens with one attached hydrogen (secondary N) is 1. The van der Waals surface area contributed by atoms with E-state index in [1.807, 2.05) is 48.0 Å².